The molecular formula is C11H20IN. The fourth-order valence-electron chi connectivity index (χ4n) is 0.816. The SMILES string of the molecule is C=C(C)/C(=C/CC(C)(C)CC)NI. The van der Waals surface area contributed by atoms with Crippen LogP contribution < -0.4 is 3.53 Å². The van der Waals surface area contributed by atoms with E-state index in [9.17, 15) is 0 Å². The molecule has 0 fully saturated rings. The van der Waals surface area contributed by atoms with Crippen molar-refractivity contribution < 1.29 is 0 Å². The fraction of sp³-hybridized carbons (Fsp3) is 0.636. The summed E-state index contributed by atoms with van der Waals surface area (Å²) in [5.41, 5.74) is 2.65. The highest BCUT2D eigenvalue weighted by atomic mass is 127. The highest BCUT2D eigenvalue weighted by Gasteiger charge is 2.13. The number of hydrogen-bond donors (Lipinski definition) is 1. The van der Waals surface area contributed by atoms with Gasteiger partial charge in [0, 0.05) is 5.70 Å². The maximum atomic E-state index is 3.92. The second-order valence-electron chi connectivity index (χ2n) is 4.21. The van der Waals surface area contributed by atoms with E-state index in [0.717, 1.165) is 17.7 Å². The van der Waals surface area contributed by atoms with Gasteiger partial charge in [-0.1, -0.05) is 39.8 Å². The minimum Gasteiger partial charge on any atom is -0.328 e. The number of rotatable bonds is 5. The lowest BCUT2D eigenvalue weighted by Gasteiger charge is -2.20. The van der Waals surface area contributed by atoms with Crippen molar-refractivity contribution in [2.24, 2.45) is 5.41 Å². The molecule has 0 spiro atoms. The van der Waals surface area contributed by atoms with Crippen LogP contribution in [0.1, 0.15) is 40.5 Å². The average molecular weight is 293 g/mol. The van der Waals surface area contributed by atoms with Crippen LogP contribution in [0.25, 0.3) is 0 Å². The lowest BCUT2D eigenvalue weighted by Crippen LogP contribution is -2.09. The Kier molecular flexibility index (Phi) is 5.68. The molecule has 0 saturated carbocycles. The van der Waals surface area contributed by atoms with Gasteiger partial charge in [-0.3, -0.25) is 0 Å². The van der Waals surface area contributed by atoms with Crippen molar-refractivity contribution in [3.05, 3.63) is 23.9 Å². The van der Waals surface area contributed by atoms with E-state index in [1.807, 2.05) is 6.92 Å². The molecule has 76 valence electrons. The second kappa shape index (κ2) is 5.68. The molecule has 0 radical (unpaired) electrons. The summed E-state index contributed by atoms with van der Waals surface area (Å²) in [6.07, 6.45) is 4.54. The summed E-state index contributed by atoms with van der Waals surface area (Å²) in [7, 11) is 0. The maximum absolute atomic E-state index is 3.92. The highest BCUT2D eigenvalue weighted by molar-refractivity contribution is 14.1. The van der Waals surface area contributed by atoms with Gasteiger partial charge in [0.25, 0.3) is 0 Å². The standard InChI is InChI=1S/C11H20IN/c1-6-11(4,5)8-7-10(13-12)9(2)3/h7,13H,2,6,8H2,1,3-5H3/b10-7-. The highest BCUT2D eigenvalue weighted by Crippen LogP contribution is 2.25. The Morgan fingerprint density at radius 1 is 1.54 bits per heavy atom. The van der Waals surface area contributed by atoms with E-state index in [0.29, 0.717) is 5.41 Å². The van der Waals surface area contributed by atoms with Crippen LogP contribution in [0.3, 0.4) is 0 Å². The lowest BCUT2D eigenvalue weighted by molar-refractivity contribution is 0.356. The molecule has 2 heteroatoms. The largest absolute Gasteiger partial charge is 0.328 e. The minimum atomic E-state index is 0.397. The van der Waals surface area contributed by atoms with Crippen molar-refractivity contribution in [2.45, 2.75) is 40.5 Å². The van der Waals surface area contributed by atoms with Gasteiger partial charge < -0.3 is 3.53 Å². The summed E-state index contributed by atoms with van der Waals surface area (Å²) >= 11 is 2.15. The normalized spacial score (nSPS) is 12.8. The molecule has 0 saturated heterocycles. The Hall–Kier alpha value is 0.0100. The smallest absolute Gasteiger partial charge is 0.0560 e. The van der Waals surface area contributed by atoms with E-state index >= 15 is 0 Å². The Bertz CT molecular complexity index is 204. The average Bonchev–Trinajstić information content (AvgIpc) is 2.05. The van der Waals surface area contributed by atoms with Crippen LogP contribution in [0.4, 0.5) is 0 Å². The minimum absolute atomic E-state index is 0.397. The van der Waals surface area contributed by atoms with Gasteiger partial charge in [-0.25, -0.2) is 0 Å². The van der Waals surface area contributed by atoms with E-state index < -0.39 is 0 Å². The molecule has 0 heterocycles. The number of allylic oxidation sites excluding steroid dienone is 2. The molecule has 0 rings (SSSR count). The predicted molar refractivity (Wildman–Crippen MR) is 68.7 cm³/mol. The molecule has 0 aliphatic carbocycles. The third kappa shape index (κ3) is 5.34. The molecule has 0 unspecified atom stereocenters. The molecule has 0 aliphatic rings. The van der Waals surface area contributed by atoms with Crippen molar-refractivity contribution in [3.63, 3.8) is 0 Å². The van der Waals surface area contributed by atoms with Crippen LogP contribution >= 0.6 is 22.9 Å². The summed E-state index contributed by atoms with van der Waals surface area (Å²) in [4.78, 5) is 0. The number of hydrogen-bond acceptors (Lipinski definition) is 1. The fourth-order valence-corrected chi connectivity index (χ4v) is 1.50. The lowest BCUT2D eigenvalue weighted by atomic mass is 9.86. The monoisotopic (exact) mass is 293 g/mol. The van der Waals surface area contributed by atoms with Crippen LogP contribution in [0.2, 0.25) is 0 Å². The van der Waals surface area contributed by atoms with Gasteiger partial charge in [0.2, 0.25) is 0 Å². The second-order valence-corrected chi connectivity index (χ2v) is 4.75. The first-order valence-electron chi connectivity index (χ1n) is 4.65. The third-order valence-electron chi connectivity index (χ3n) is 2.38. The van der Waals surface area contributed by atoms with E-state index in [4.69, 9.17) is 0 Å². The Morgan fingerprint density at radius 3 is 2.38 bits per heavy atom. The Morgan fingerprint density at radius 2 is 2.08 bits per heavy atom. The van der Waals surface area contributed by atoms with Crippen molar-refractivity contribution in [3.8, 4) is 0 Å². The summed E-state index contributed by atoms with van der Waals surface area (Å²) in [5, 5.41) is 0. The van der Waals surface area contributed by atoms with Crippen LogP contribution in [-0.4, -0.2) is 0 Å². The van der Waals surface area contributed by atoms with Gasteiger partial charge >= 0.3 is 0 Å². The molecular weight excluding hydrogens is 273 g/mol. The number of halogens is 1. The van der Waals surface area contributed by atoms with Gasteiger partial charge in [-0.05, 0) is 24.3 Å². The van der Waals surface area contributed by atoms with E-state index in [1.165, 1.54) is 6.42 Å². The Balaban J connectivity index is 4.30. The Labute approximate surface area is 96.2 Å². The van der Waals surface area contributed by atoms with Gasteiger partial charge in [-0.15, -0.1) is 0 Å². The molecule has 1 nitrogen and oxygen atoms in total. The van der Waals surface area contributed by atoms with Gasteiger partial charge in [0.15, 0.2) is 0 Å². The first-order valence-corrected chi connectivity index (χ1v) is 5.73. The summed E-state index contributed by atoms with van der Waals surface area (Å²) < 4.78 is 3.13. The van der Waals surface area contributed by atoms with Crippen LogP contribution in [0, 0.1) is 5.41 Å². The molecule has 13 heavy (non-hydrogen) atoms. The topological polar surface area (TPSA) is 12.0 Å². The first kappa shape index (κ1) is 13.0. The van der Waals surface area contributed by atoms with Crippen molar-refractivity contribution in [1.82, 2.24) is 3.53 Å². The molecule has 0 aromatic carbocycles. The zero-order valence-corrected chi connectivity index (χ0v) is 11.2. The van der Waals surface area contributed by atoms with E-state index in [2.05, 4.69) is 59.8 Å². The molecule has 0 aromatic heterocycles. The van der Waals surface area contributed by atoms with Crippen LogP contribution in [0.15, 0.2) is 23.9 Å². The van der Waals surface area contributed by atoms with E-state index in [1.54, 1.807) is 0 Å². The molecule has 0 bridgehead atoms. The molecule has 0 aliphatic heterocycles. The molecule has 0 atom stereocenters. The summed E-state index contributed by atoms with van der Waals surface area (Å²) in [6, 6.07) is 0. The van der Waals surface area contributed by atoms with Gasteiger partial charge in [0.1, 0.15) is 0 Å². The summed E-state index contributed by atoms with van der Waals surface area (Å²) in [6.45, 7) is 12.7. The zero-order valence-electron chi connectivity index (χ0n) is 9.08. The molecule has 0 amide bonds. The van der Waals surface area contributed by atoms with Crippen LogP contribution in [-0.2, 0) is 0 Å². The van der Waals surface area contributed by atoms with Crippen molar-refractivity contribution in [1.29, 1.82) is 0 Å². The van der Waals surface area contributed by atoms with Gasteiger partial charge in [0.05, 0.1) is 22.9 Å². The predicted octanol–water partition coefficient (Wildman–Crippen LogP) is 4.21. The van der Waals surface area contributed by atoms with Crippen LogP contribution in [0.5, 0.6) is 0 Å². The van der Waals surface area contributed by atoms with Crippen molar-refractivity contribution >= 4 is 22.9 Å². The quantitative estimate of drug-likeness (QED) is 0.455. The van der Waals surface area contributed by atoms with Gasteiger partial charge in [-0.2, -0.15) is 0 Å². The molecule has 1 N–H and O–H groups in total. The zero-order chi connectivity index (χ0) is 10.5. The number of nitrogens with one attached hydrogen (secondary N) is 1. The van der Waals surface area contributed by atoms with Crippen molar-refractivity contribution in [2.75, 3.05) is 0 Å². The molecule has 0 aromatic rings. The first-order chi connectivity index (χ1) is 5.93. The third-order valence-corrected chi connectivity index (χ3v) is 2.96. The maximum Gasteiger partial charge on any atom is 0.0560 e. The summed E-state index contributed by atoms with van der Waals surface area (Å²) in [5.74, 6) is 0. The van der Waals surface area contributed by atoms with E-state index in [-0.39, 0.29) is 0 Å².